The van der Waals surface area contributed by atoms with Crippen LogP contribution < -0.4 is 25.4 Å². The molecule has 37 heavy (non-hydrogen) atoms. The van der Waals surface area contributed by atoms with E-state index in [0.717, 1.165) is 59.4 Å². The number of nitrogens with one attached hydrogen (secondary N) is 3. The third kappa shape index (κ3) is 4.61. The van der Waals surface area contributed by atoms with Gasteiger partial charge in [0.2, 0.25) is 5.91 Å². The first-order chi connectivity index (χ1) is 18.0. The lowest BCUT2D eigenvalue weighted by atomic mass is 9.71. The smallest absolute Gasteiger partial charge is 0.232 e. The van der Waals surface area contributed by atoms with Gasteiger partial charge in [-0.2, -0.15) is 0 Å². The molecule has 0 bridgehead atoms. The van der Waals surface area contributed by atoms with Gasteiger partial charge in [0, 0.05) is 17.3 Å². The Labute approximate surface area is 219 Å². The monoisotopic (exact) mass is 499 g/mol. The number of methoxy groups -OCH3 is 2. The molecule has 2 aliphatic rings. The second kappa shape index (κ2) is 10.4. The van der Waals surface area contributed by atoms with Crippen LogP contribution in [0.3, 0.4) is 0 Å². The van der Waals surface area contributed by atoms with Crippen molar-refractivity contribution in [3.05, 3.63) is 77.4 Å². The average molecular weight is 500 g/mol. The van der Waals surface area contributed by atoms with Crippen molar-refractivity contribution in [2.75, 3.05) is 30.2 Å². The van der Waals surface area contributed by atoms with Crippen LogP contribution in [0.2, 0.25) is 0 Å². The fourth-order valence-corrected chi connectivity index (χ4v) is 6.18. The molecular weight excluding hydrogens is 462 g/mol. The Kier molecular flexibility index (Phi) is 7.00. The van der Waals surface area contributed by atoms with Crippen molar-refractivity contribution in [2.24, 2.45) is 11.8 Å². The van der Waals surface area contributed by atoms with Crippen LogP contribution in [0.1, 0.15) is 48.8 Å². The molecule has 3 N–H and O–H groups in total. The number of carbonyl (C=O) groups excluding carboxylic acids is 1. The minimum atomic E-state index is -0.899. The molecule has 0 aromatic heterocycles. The number of amides is 1. The molecule has 5 rings (SSSR count). The highest BCUT2D eigenvalue weighted by Gasteiger charge is 2.53. The number of hydrogen-bond donors (Lipinski definition) is 3. The van der Waals surface area contributed by atoms with E-state index < -0.39 is 11.6 Å². The molecule has 1 aliphatic heterocycles. The summed E-state index contributed by atoms with van der Waals surface area (Å²) in [6.07, 6.45) is 5.47. The van der Waals surface area contributed by atoms with Gasteiger partial charge < -0.3 is 25.4 Å². The average Bonchev–Trinajstić information content (AvgIpc) is 3.31. The van der Waals surface area contributed by atoms with Crippen molar-refractivity contribution in [3.63, 3.8) is 0 Å². The minimum absolute atomic E-state index is 0.00924. The zero-order valence-corrected chi connectivity index (χ0v) is 22.2. The van der Waals surface area contributed by atoms with Crippen LogP contribution in [-0.4, -0.2) is 20.1 Å². The molecule has 1 fully saturated rings. The largest absolute Gasteiger partial charge is 0.497 e. The molecular formula is C31H37N3O3. The fourth-order valence-electron chi connectivity index (χ4n) is 6.18. The first-order valence-corrected chi connectivity index (χ1v) is 13.2. The molecule has 3 aromatic carbocycles. The zero-order chi connectivity index (χ0) is 26.0. The Hall–Kier alpha value is -3.67. The van der Waals surface area contributed by atoms with Gasteiger partial charge in [0.15, 0.2) is 5.66 Å². The molecule has 1 atom stereocenters. The van der Waals surface area contributed by atoms with E-state index >= 15 is 0 Å². The van der Waals surface area contributed by atoms with Crippen molar-refractivity contribution >= 4 is 23.0 Å². The van der Waals surface area contributed by atoms with E-state index in [1.165, 1.54) is 6.42 Å². The summed E-state index contributed by atoms with van der Waals surface area (Å²) in [6.45, 7) is 4.09. The van der Waals surface area contributed by atoms with Crippen LogP contribution in [-0.2, 0) is 10.5 Å². The van der Waals surface area contributed by atoms with Gasteiger partial charge in [-0.1, -0.05) is 49.6 Å². The second-order valence-corrected chi connectivity index (χ2v) is 10.3. The van der Waals surface area contributed by atoms with Crippen molar-refractivity contribution in [2.45, 2.75) is 51.6 Å². The number of anilines is 3. The van der Waals surface area contributed by atoms with Gasteiger partial charge in [-0.15, -0.1) is 0 Å². The van der Waals surface area contributed by atoms with E-state index in [1.54, 1.807) is 14.2 Å². The first kappa shape index (κ1) is 25.0. The third-order valence-corrected chi connectivity index (χ3v) is 8.02. The van der Waals surface area contributed by atoms with Crippen LogP contribution in [0.5, 0.6) is 11.5 Å². The first-order valence-electron chi connectivity index (χ1n) is 13.2. The van der Waals surface area contributed by atoms with Crippen molar-refractivity contribution in [1.82, 2.24) is 0 Å². The number of hydrogen-bond acceptors (Lipinski definition) is 5. The maximum absolute atomic E-state index is 14.5. The summed E-state index contributed by atoms with van der Waals surface area (Å²) in [5.41, 5.74) is 4.94. The number of aryl methyl sites for hydroxylation is 2. The van der Waals surface area contributed by atoms with Crippen molar-refractivity contribution in [3.8, 4) is 11.5 Å². The van der Waals surface area contributed by atoms with Crippen LogP contribution in [0.15, 0.2) is 60.7 Å². The number of rotatable bonds is 7. The van der Waals surface area contributed by atoms with Crippen molar-refractivity contribution in [1.29, 1.82) is 0 Å². The molecule has 0 spiro atoms. The molecule has 0 unspecified atom stereocenters. The molecule has 1 heterocycles. The van der Waals surface area contributed by atoms with Gasteiger partial charge >= 0.3 is 0 Å². The summed E-state index contributed by atoms with van der Waals surface area (Å²) in [5.74, 6) is 1.18. The lowest BCUT2D eigenvalue weighted by molar-refractivity contribution is -0.124. The van der Waals surface area contributed by atoms with E-state index in [0.29, 0.717) is 11.5 Å². The van der Waals surface area contributed by atoms with Crippen LogP contribution >= 0.6 is 0 Å². The van der Waals surface area contributed by atoms with Gasteiger partial charge in [0.1, 0.15) is 11.5 Å². The number of carbonyl (C=O) groups is 1. The quantitative estimate of drug-likeness (QED) is 0.332. The molecule has 6 heteroatoms. The summed E-state index contributed by atoms with van der Waals surface area (Å²) >= 11 is 0. The lowest BCUT2D eigenvalue weighted by Crippen LogP contribution is -2.54. The maximum Gasteiger partial charge on any atom is 0.232 e. The highest BCUT2D eigenvalue weighted by molar-refractivity contribution is 5.97. The van der Waals surface area contributed by atoms with Gasteiger partial charge in [0.05, 0.1) is 31.5 Å². The van der Waals surface area contributed by atoms with Crippen LogP contribution in [0.25, 0.3) is 0 Å². The van der Waals surface area contributed by atoms with Crippen LogP contribution in [0, 0.1) is 25.7 Å². The Morgan fingerprint density at radius 3 is 2.14 bits per heavy atom. The van der Waals surface area contributed by atoms with E-state index in [9.17, 15) is 4.79 Å². The highest BCUT2D eigenvalue weighted by atomic mass is 16.5. The summed E-state index contributed by atoms with van der Waals surface area (Å²) in [6, 6.07) is 20.1. The number of para-hydroxylation sites is 3. The summed E-state index contributed by atoms with van der Waals surface area (Å²) in [4.78, 5) is 14.5. The molecule has 1 amide bonds. The molecule has 6 nitrogen and oxygen atoms in total. The molecule has 0 radical (unpaired) electrons. The summed E-state index contributed by atoms with van der Waals surface area (Å²) in [7, 11) is 3.31. The van der Waals surface area contributed by atoms with Gasteiger partial charge in [-0.05, 0) is 68.0 Å². The topological polar surface area (TPSA) is 71.6 Å². The van der Waals surface area contributed by atoms with Gasteiger partial charge in [-0.25, -0.2) is 0 Å². The van der Waals surface area contributed by atoms with Gasteiger partial charge in [0.25, 0.3) is 0 Å². The van der Waals surface area contributed by atoms with Crippen LogP contribution in [0.4, 0.5) is 17.1 Å². The standard InChI is InChI=1S/C31H37N3O3/c1-20-11-10-12-21(2)29(20)32-30(35)28(22-13-6-5-7-14-22)31(33-25-15-8-9-16-26(25)34-31)24-18-17-23(36-3)19-27(24)37-4/h8-12,15-19,22,28,33-34H,5-7,13-14H2,1-4H3,(H,32,35)/t28-/m1/s1. The summed E-state index contributed by atoms with van der Waals surface area (Å²) < 4.78 is 11.4. The number of benzene rings is 3. The normalized spacial score (nSPS) is 17.2. The molecule has 0 saturated heterocycles. The SMILES string of the molecule is COc1ccc(C2([C@@H](C(=O)Nc3c(C)cccc3C)C3CCCCC3)Nc3ccccc3N2)c(OC)c1. The second-order valence-electron chi connectivity index (χ2n) is 10.3. The molecule has 1 aliphatic carbocycles. The molecule has 3 aromatic rings. The number of fused-ring (bicyclic) bond motifs is 1. The Morgan fingerprint density at radius 2 is 1.54 bits per heavy atom. The molecule has 194 valence electrons. The summed E-state index contributed by atoms with van der Waals surface area (Å²) in [5, 5.41) is 10.9. The van der Waals surface area contributed by atoms with Gasteiger partial charge in [-0.3, -0.25) is 4.79 Å². The predicted octanol–water partition coefficient (Wildman–Crippen LogP) is 6.85. The number of ether oxygens (including phenoxy) is 2. The minimum Gasteiger partial charge on any atom is -0.497 e. The fraction of sp³-hybridized carbons (Fsp3) is 0.387. The maximum atomic E-state index is 14.5. The lowest BCUT2D eigenvalue weighted by Gasteiger charge is -2.43. The Morgan fingerprint density at radius 1 is 0.892 bits per heavy atom. The highest BCUT2D eigenvalue weighted by Crippen LogP contribution is 2.51. The predicted molar refractivity (Wildman–Crippen MR) is 150 cm³/mol. The zero-order valence-electron chi connectivity index (χ0n) is 22.2. The van der Waals surface area contributed by atoms with E-state index in [2.05, 4.69) is 28.1 Å². The van der Waals surface area contributed by atoms with E-state index in [1.807, 2.05) is 62.4 Å². The van der Waals surface area contributed by atoms with E-state index in [-0.39, 0.29) is 11.8 Å². The third-order valence-electron chi connectivity index (χ3n) is 8.02. The molecule has 1 saturated carbocycles. The van der Waals surface area contributed by atoms with E-state index in [4.69, 9.17) is 9.47 Å². The Bertz CT molecular complexity index is 1240. The Balaban J connectivity index is 1.67. The van der Waals surface area contributed by atoms with Crippen molar-refractivity contribution < 1.29 is 14.3 Å².